The predicted octanol–water partition coefficient (Wildman–Crippen LogP) is 3.20. The van der Waals surface area contributed by atoms with Crippen molar-refractivity contribution in [2.45, 2.75) is 64.3 Å². The zero-order valence-corrected chi connectivity index (χ0v) is 18.5. The fourth-order valence-electron chi connectivity index (χ4n) is 3.60. The molecule has 0 fully saturated rings. The summed E-state index contributed by atoms with van der Waals surface area (Å²) in [5, 5.41) is 19.9. The standard InChI is InChI=1S/C22H32ClN3O4/c1-4-18(5-2)30-20-13-15(22(28)29)12-19(21(20)26-14(3)27)25-11-10-24-17-8-6-16(23)7-9-17/h6-9,13,18-21,24-25H,4-5,10-12H2,1-3H3,(H,26,27)(H,28,29)/t19-,20+,21+/m0/s1. The number of benzene rings is 1. The van der Waals surface area contributed by atoms with Crippen LogP contribution in [0.1, 0.15) is 40.0 Å². The van der Waals surface area contributed by atoms with Gasteiger partial charge in [-0.15, -0.1) is 0 Å². The van der Waals surface area contributed by atoms with Gasteiger partial charge in [0.05, 0.1) is 18.2 Å². The Bertz CT molecular complexity index is 734. The third kappa shape index (κ3) is 7.31. The summed E-state index contributed by atoms with van der Waals surface area (Å²) in [6.45, 7) is 6.75. The van der Waals surface area contributed by atoms with Gasteiger partial charge in [0.25, 0.3) is 0 Å². The van der Waals surface area contributed by atoms with E-state index >= 15 is 0 Å². The fraction of sp³-hybridized carbons (Fsp3) is 0.545. The minimum Gasteiger partial charge on any atom is -0.478 e. The number of hydrogen-bond donors (Lipinski definition) is 4. The van der Waals surface area contributed by atoms with Crippen LogP contribution in [0.2, 0.25) is 5.02 Å². The lowest BCUT2D eigenvalue weighted by Gasteiger charge is -2.38. The van der Waals surface area contributed by atoms with Gasteiger partial charge in [0.1, 0.15) is 0 Å². The highest BCUT2D eigenvalue weighted by atomic mass is 35.5. The third-order valence-electron chi connectivity index (χ3n) is 5.20. The van der Waals surface area contributed by atoms with Crippen molar-refractivity contribution in [3.05, 3.63) is 40.9 Å². The van der Waals surface area contributed by atoms with Crippen molar-refractivity contribution < 1.29 is 19.4 Å². The van der Waals surface area contributed by atoms with Crippen LogP contribution < -0.4 is 16.0 Å². The smallest absolute Gasteiger partial charge is 0.331 e. The Morgan fingerprint density at radius 3 is 2.43 bits per heavy atom. The van der Waals surface area contributed by atoms with Crippen molar-refractivity contribution >= 4 is 29.2 Å². The summed E-state index contributed by atoms with van der Waals surface area (Å²) in [7, 11) is 0. The molecule has 0 heterocycles. The zero-order valence-electron chi connectivity index (χ0n) is 17.8. The highest BCUT2D eigenvalue weighted by Crippen LogP contribution is 2.24. The van der Waals surface area contributed by atoms with Crippen LogP contribution in [0.3, 0.4) is 0 Å². The largest absolute Gasteiger partial charge is 0.478 e. The molecule has 3 atom stereocenters. The lowest BCUT2D eigenvalue weighted by Crippen LogP contribution is -2.59. The quantitative estimate of drug-likeness (QED) is 0.397. The summed E-state index contributed by atoms with van der Waals surface area (Å²) >= 11 is 5.90. The van der Waals surface area contributed by atoms with Gasteiger partial charge in [-0.3, -0.25) is 4.79 Å². The molecule has 0 unspecified atom stereocenters. The fourth-order valence-corrected chi connectivity index (χ4v) is 3.72. The van der Waals surface area contributed by atoms with E-state index in [0.717, 1.165) is 18.5 Å². The molecule has 1 aromatic rings. The molecule has 1 aliphatic rings. The van der Waals surface area contributed by atoms with E-state index in [1.54, 1.807) is 6.08 Å². The van der Waals surface area contributed by atoms with Crippen LogP contribution >= 0.6 is 11.6 Å². The number of rotatable bonds is 11. The molecule has 0 saturated carbocycles. The van der Waals surface area contributed by atoms with E-state index in [0.29, 0.717) is 30.1 Å². The van der Waals surface area contributed by atoms with Gasteiger partial charge < -0.3 is 25.8 Å². The lowest BCUT2D eigenvalue weighted by atomic mass is 9.87. The number of carboxylic acid groups (broad SMARTS) is 1. The molecular formula is C22H32ClN3O4. The Balaban J connectivity index is 2.07. The topological polar surface area (TPSA) is 99.7 Å². The van der Waals surface area contributed by atoms with Crippen LogP contribution in [0.5, 0.6) is 0 Å². The molecule has 0 aromatic heterocycles. The van der Waals surface area contributed by atoms with Gasteiger partial charge >= 0.3 is 5.97 Å². The Morgan fingerprint density at radius 1 is 1.20 bits per heavy atom. The molecule has 1 aromatic carbocycles. The second-order valence-corrected chi connectivity index (χ2v) is 7.90. The first-order valence-electron chi connectivity index (χ1n) is 10.4. The highest BCUT2D eigenvalue weighted by Gasteiger charge is 2.37. The molecule has 0 spiro atoms. The SMILES string of the molecule is CCC(CC)O[C@@H]1C=C(C(=O)O)C[C@H](NCCNc2ccc(Cl)cc2)[C@H]1NC(C)=O. The van der Waals surface area contributed by atoms with Crippen LogP contribution in [0.15, 0.2) is 35.9 Å². The maximum atomic E-state index is 11.8. The molecule has 2 rings (SSSR count). The first kappa shape index (κ1) is 24.2. The van der Waals surface area contributed by atoms with Crippen molar-refractivity contribution in [2.75, 3.05) is 18.4 Å². The van der Waals surface area contributed by atoms with Gasteiger partial charge in [0, 0.05) is 42.3 Å². The van der Waals surface area contributed by atoms with Crippen molar-refractivity contribution in [3.8, 4) is 0 Å². The van der Waals surface area contributed by atoms with Crippen LogP contribution in [0.25, 0.3) is 0 Å². The first-order chi connectivity index (χ1) is 14.3. The summed E-state index contributed by atoms with van der Waals surface area (Å²) in [4.78, 5) is 23.5. The number of carbonyl (C=O) groups is 2. The van der Waals surface area contributed by atoms with E-state index in [1.807, 2.05) is 38.1 Å². The highest BCUT2D eigenvalue weighted by molar-refractivity contribution is 6.30. The summed E-state index contributed by atoms with van der Waals surface area (Å²) in [6.07, 6.45) is 3.09. The van der Waals surface area contributed by atoms with E-state index in [4.69, 9.17) is 16.3 Å². The second-order valence-electron chi connectivity index (χ2n) is 7.46. The van der Waals surface area contributed by atoms with E-state index in [9.17, 15) is 14.7 Å². The van der Waals surface area contributed by atoms with Crippen molar-refractivity contribution in [1.82, 2.24) is 10.6 Å². The summed E-state index contributed by atoms with van der Waals surface area (Å²) in [5.74, 6) is -1.13. The van der Waals surface area contributed by atoms with E-state index < -0.39 is 12.1 Å². The molecule has 30 heavy (non-hydrogen) atoms. The molecule has 0 radical (unpaired) electrons. The number of hydrogen-bond acceptors (Lipinski definition) is 5. The Hall–Kier alpha value is -2.09. The number of halogens is 1. The molecule has 0 bridgehead atoms. The monoisotopic (exact) mass is 437 g/mol. The van der Waals surface area contributed by atoms with Gasteiger partial charge in [-0.05, 0) is 49.6 Å². The van der Waals surface area contributed by atoms with Gasteiger partial charge in [0.2, 0.25) is 5.91 Å². The molecule has 1 aliphatic carbocycles. The van der Waals surface area contributed by atoms with Gasteiger partial charge in [-0.2, -0.15) is 0 Å². The molecular weight excluding hydrogens is 406 g/mol. The Labute approximate surface area is 183 Å². The zero-order chi connectivity index (χ0) is 22.1. The van der Waals surface area contributed by atoms with Crippen molar-refractivity contribution in [2.24, 2.45) is 0 Å². The molecule has 7 nitrogen and oxygen atoms in total. The maximum Gasteiger partial charge on any atom is 0.331 e. The van der Waals surface area contributed by atoms with Crippen LogP contribution in [0, 0.1) is 0 Å². The molecule has 8 heteroatoms. The summed E-state index contributed by atoms with van der Waals surface area (Å²) in [6, 6.07) is 6.82. The molecule has 1 amide bonds. The van der Waals surface area contributed by atoms with Gasteiger partial charge in [0.15, 0.2) is 0 Å². The normalized spacial score (nSPS) is 21.2. The average molecular weight is 438 g/mol. The van der Waals surface area contributed by atoms with Crippen molar-refractivity contribution in [1.29, 1.82) is 0 Å². The molecule has 0 aliphatic heterocycles. The van der Waals surface area contributed by atoms with E-state index in [2.05, 4.69) is 16.0 Å². The number of ether oxygens (including phenoxy) is 1. The number of anilines is 1. The van der Waals surface area contributed by atoms with E-state index in [1.165, 1.54) is 6.92 Å². The van der Waals surface area contributed by atoms with Crippen LogP contribution in [-0.4, -0.2) is 54.4 Å². The van der Waals surface area contributed by atoms with Crippen molar-refractivity contribution in [3.63, 3.8) is 0 Å². The van der Waals surface area contributed by atoms with Crippen LogP contribution in [-0.2, 0) is 14.3 Å². The summed E-state index contributed by atoms with van der Waals surface area (Å²) in [5.41, 5.74) is 1.25. The Kier molecular flexibility index (Phi) is 9.62. The Morgan fingerprint density at radius 2 is 1.87 bits per heavy atom. The lowest BCUT2D eigenvalue weighted by molar-refractivity contribution is -0.133. The third-order valence-corrected chi connectivity index (χ3v) is 5.45. The number of nitrogens with one attached hydrogen (secondary N) is 3. The average Bonchev–Trinajstić information content (AvgIpc) is 2.71. The van der Waals surface area contributed by atoms with Gasteiger partial charge in [-0.1, -0.05) is 25.4 Å². The second kappa shape index (κ2) is 11.9. The van der Waals surface area contributed by atoms with Crippen LogP contribution in [0.4, 0.5) is 5.69 Å². The number of aliphatic carboxylic acids is 1. The number of carbonyl (C=O) groups excluding carboxylic acids is 1. The predicted molar refractivity (Wildman–Crippen MR) is 119 cm³/mol. The van der Waals surface area contributed by atoms with E-state index in [-0.39, 0.29) is 24.1 Å². The maximum absolute atomic E-state index is 11.8. The first-order valence-corrected chi connectivity index (χ1v) is 10.8. The van der Waals surface area contributed by atoms with Gasteiger partial charge in [-0.25, -0.2) is 4.79 Å². The molecule has 4 N–H and O–H groups in total. The minimum atomic E-state index is -0.958. The number of carboxylic acids is 1. The molecule has 0 saturated heterocycles. The molecule has 166 valence electrons. The summed E-state index contributed by atoms with van der Waals surface area (Å²) < 4.78 is 6.18. The minimum absolute atomic E-state index is 0.00266. The number of amides is 1.